The predicted molar refractivity (Wildman–Crippen MR) is 128 cm³/mol. The minimum atomic E-state index is -0.633. The van der Waals surface area contributed by atoms with Gasteiger partial charge < -0.3 is 0 Å². The van der Waals surface area contributed by atoms with Crippen LogP contribution in [0.1, 0.15) is 12.0 Å². The zero-order valence-electron chi connectivity index (χ0n) is 16.9. The number of nitrogens with zero attached hydrogens (tertiary/aromatic N) is 4. The highest BCUT2D eigenvalue weighted by molar-refractivity contribution is 8.14. The zero-order valence-corrected chi connectivity index (χ0v) is 19.2. The number of amides is 1. The second-order valence-corrected chi connectivity index (χ2v) is 8.96. The third-order valence-electron chi connectivity index (χ3n) is 4.82. The van der Waals surface area contributed by atoms with Crippen molar-refractivity contribution in [3.8, 4) is 6.07 Å². The minimum Gasteiger partial charge on any atom is -0.292 e. The number of nitriles is 1. The number of halogens is 2. The van der Waals surface area contributed by atoms with Gasteiger partial charge in [-0.05, 0) is 23.8 Å². The fourth-order valence-electron chi connectivity index (χ4n) is 3.22. The third-order valence-corrected chi connectivity index (χ3v) is 6.74. The van der Waals surface area contributed by atoms with Crippen molar-refractivity contribution in [2.45, 2.75) is 17.7 Å². The van der Waals surface area contributed by atoms with E-state index in [1.165, 1.54) is 23.9 Å². The van der Waals surface area contributed by atoms with Gasteiger partial charge in [-0.2, -0.15) is 15.4 Å². The summed E-state index contributed by atoms with van der Waals surface area (Å²) in [6, 6.07) is 14.3. The average Bonchev–Trinajstić information content (AvgIpc) is 2.79. The number of dihydropyridines is 1. The molecule has 2 aliphatic rings. The molecule has 2 aromatic carbocycles. The number of benzene rings is 2. The Morgan fingerprint density at radius 1 is 1.06 bits per heavy atom. The lowest BCUT2D eigenvalue weighted by atomic mass is 10.0. The van der Waals surface area contributed by atoms with Gasteiger partial charge in [-0.25, -0.2) is 0 Å². The van der Waals surface area contributed by atoms with Crippen LogP contribution in [-0.2, 0) is 20.8 Å². The summed E-state index contributed by atoms with van der Waals surface area (Å²) in [6.07, 6.45) is 1.76. The molecule has 0 radical (unpaired) electrons. The molecule has 2 aliphatic heterocycles. The van der Waals surface area contributed by atoms with Crippen LogP contribution in [0.5, 0.6) is 0 Å². The normalized spacial score (nSPS) is 16.2. The number of hydrazone groups is 1. The number of aliphatic imine (C=N–C) groups is 1. The van der Waals surface area contributed by atoms with Gasteiger partial charge in [0.15, 0.2) is 5.78 Å². The smallest absolute Gasteiger partial charge is 0.255 e. The second kappa shape index (κ2) is 9.71. The van der Waals surface area contributed by atoms with Gasteiger partial charge in [0, 0.05) is 12.0 Å². The Hall–Kier alpha value is -3.25. The van der Waals surface area contributed by atoms with Crippen LogP contribution in [0.15, 0.2) is 69.1 Å². The Morgan fingerprint density at radius 3 is 2.42 bits per heavy atom. The summed E-state index contributed by atoms with van der Waals surface area (Å²) in [7, 11) is 0. The maximum absolute atomic E-state index is 12.3. The number of carbonyl (C=O) groups excluding carboxylic acids is 3. The van der Waals surface area contributed by atoms with E-state index in [4.69, 9.17) is 28.5 Å². The number of thioether (sulfide) groups is 1. The molecule has 7 nitrogen and oxygen atoms in total. The Bertz CT molecular complexity index is 1290. The monoisotopic (exact) mass is 496 g/mol. The molecule has 0 N–H and O–H groups in total. The molecule has 2 aromatic rings. The van der Waals surface area contributed by atoms with E-state index in [2.05, 4.69) is 10.1 Å². The van der Waals surface area contributed by atoms with E-state index < -0.39 is 18.1 Å². The first kappa shape index (κ1) is 22.9. The van der Waals surface area contributed by atoms with Crippen LogP contribution in [-0.4, -0.2) is 34.8 Å². The molecule has 1 amide bonds. The van der Waals surface area contributed by atoms with Crippen LogP contribution >= 0.6 is 35.0 Å². The quantitative estimate of drug-likeness (QED) is 0.582. The third kappa shape index (κ3) is 5.06. The molecule has 4 rings (SSSR count). The standard InChI is InChI=1S/C23H14Cl2N4O3S/c24-16-8-15(29-22(32)10-19(30)18(11-26)28-29)9-17(25)23(16)33-21-7-14(20(31)12-27-21)6-13-4-2-1-3-5-13/h1-5,7-9H,6,10,12H2. The van der Waals surface area contributed by atoms with Crippen molar-refractivity contribution < 1.29 is 14.4 Å². The lowest BCUT2D eigenvalue weighted by molar-refractivity contribution is -0.124. The first-order chi connectivity index (χ1) is 15.9. The van der Waals surface area contributed by atoms with E-state index in [9.17, 15) is 14.4 Å². The van der Waals surface area contributed by atoms with Crippen molar-refractivity contribution in [1.82, 2.24) is 0 Å². The minimum absolute atomic E-state index is 0.0380. The van der Waals surface area contributed by atoms with Crippen molar-refractivity contribution in [3.63, 3.8) is 0 Å². The Morgan fingerprint density at radius 2 is 1.76 bits per heavy atom. The summed E-state index contributed by atoms with van der Waals surface area (Å²) in [5.74, 6) is -1.26. The molecule has 0 aliphatic carbocycles. The van der Waals surface area contributed by atoms with Crippen LogP contribution in [0.4, 0.5) is 5.69 Å². The van der Waals surface area contributed by atoms with E-state index in [1.54, 1.807) is 12.1 Å². The van der Waals surface area contributed by atoms with Gasteiger partial charge in [0.25, 0.3) is 5.91 Å². The summed E-state index contributed by atoms with van der Waals surface area (Å²) in [5, 5.41) is 14.9. The van der Waals surface area contributed by atoms with Crippen LogP contribution < -0.4 is 5.01 Å². The fraction of sp³-hybridized carbons (Fsp3) is 0.130. The van der Waals surface area contributed by atoms with E-state index in [-0.39, 0.29) is 33.8 Å². The number of Topliss-reactive ketones (excluding diaryl/α,β-unsaturated/α-hetero) is 2. The largest absolute Gasteiger partial charge is 0.292 e. The summed E-state index contributed by atoms with van der Waals surface area (Å²) in [6.45, 7) is 0.0380. The number of anilines is 1. The second-order valence-electron chi connectivity index (χ2n) is 7.12. The van der Waals surface area contributed by atoms with Crippen molar-refractivity contribution in [2.24, 2.45) is 10.1 Å². The molecule has 0 spiro atoms. The van der Waals surface area contributed by atoms with Gasteiger partial charge in [0.2, 0.25) is 11.5 Å². The molecule has 0 saturated heterocycles. The lowest BCUT2D eigenvalue weighted by Gasteiger charge is -2.22. The molecule has 10 heteroatoms. The number of ketones is 2. The molecule has 0 unspecified atom stereocenters. The van der Waals surface area contributed by atoms with Crippen LogP contribution in [0.2, 0.25) is 10.0 Å². The van der Waals surface area contributed by atoms with Crippen LogP contribution in [0.3, 0.4) is 0 Å². The highest BCUT2D eigenvalue weighted by atomic mass is 35.5. The van der Waals surface area contributed by atoms with Gasteiger partial charge in [0.1, 0.15) is 12.6 Å². The van der Waals surface area contributed by atoms with E-state index >= 15 is 0 Å². The van der Waals surface area contributed by atoms with E-state index in [0.29, 0.717) is 21.9 Å². The molecule has 0 atom stereocenters. The highest BCUT2D eigenvalue weighted by Crippen LogP contribution is 2.39. The van der Waals surface area contributed by atoms with E-state index in [1.807, 2.05) is 30.3 Å². The molecular weight excluding hydrogens is 483 g/mol. The maximum Gasteiger partial charge on any atom is 0.255 e. The van der Waals surface area contributed by atoms with Gasteiger partial charge in [-0.15, -0.1) is 0 Å². The summed E-state index contributed by atoms with van der Waals surface area (Å²) < 4.78 is 0. The summed E-state index contributed by atoms with van der Waals surface area (Å²) in [4.78, 5) is 41.1. The summed E-state index contributed by atoms with van der Waals surface area (Å²) in [5.41, 5.74) is 1.54. The Balaban J connectivity index is 1.59. The van der Waals surface area contributed by atoms with Gasteiger partial charge in [-0.1, -0.05) is 65.3 Å². The van der Waals surface area contributed by atoms with Crippen molar-refractivity contribution >= 4 is 68.9 Å². The zero-order chi connectivity index (χ0) is 23.5. The van der Waals surface area contributed by atoms with Crippen molar-refractivity contribution in [2.75, 3.05) is 11.6 Å². The lowest BCUT2D eigenvalue weighted by Crippen LogP contribution is -2.36. The topological polar surface area (TPSA) is 103 Å². The molecule has 0 bridgehead atoms. The molecule has 164 valence electrons. The van der Waals surface area contributed by atoms with Crippen molar-refractivity contribution in [1.29, 1.82) is 5.26 Å². The van der Waals surface area contributed by atoms with Crippen molar-refractivity contribution in [3.05, 3.63) is 69.7 Å². The van der Waals surface area contributed by atoms with Gasteiger partial charge >= 0.3 is 0 Å². The first-order valence-electron chi connectivity index (χ1n) is 9.69. The Kier molecular flexibility index (Phi) is 6.75. The Labute approximate surface area is 203 Å². The SMILES string of the molecule is N#CC1=NN(c2cc(Cl)c(SC3=NCC(=O)C(Cc4ccccc4)=C3)c(Cl)c2)C(=O)CC1=O. The van der Waals surface area contributed by atoms with Crippen LogP contribution in [0, 0.1) is 11.3 Å². The number of hydrogen-bond donors (Lipinski definition) is 0. The predicted octanol–water partition coefficient (Wildman–Crippen LogP) is 4.42. The molecular formula is C23H14Cl2N4O3S. The van der Waals surface area contributed by atoms with Gasteiger partial charge in [0.05, 0.1) is 32.1 Å². The molecule has 0 aromatic heterocycles. The van der Waals surface area contributed by atoms with Gasteiger partial charge in [-0.3, -0.25) is 19.4 Å². The molecule has 2 heterocycles. The summed E-state index contributed by atoms with van der Waals surface area (Å²) >= 11 is 14.1. The number of carbonyl (C=O) groups is 3. The number of hydrogen-bond acceptors (Lipinski definition) is 7. The molecule has 0 saturated carbocycles. The van der Waals surface area contributed by atoms with Crippen LogP contribution in [0.25, 0.3) is 0 Å². The highest BCUT2D eigenvalue weighted by Gasteiger charge is 2.29. The maximum atomic E-state index is 12.3. The average molecular weight is 497 g/mol. The molecule has 33 heavy (non-hydrogen) atoms. The first-order valence-corrected chi connectivity index (χ1v) is 11.3. The fourth-order valence-corrected chi connectivity index (χ4v) is 4.78. The van der Waals surface area contributed by atoms with E-state index in [0.717, 1.165) is 10.6 Å². The number of rotatable bonds is 4. The molecule has 0 fully saturated rings.